The highest BCUT2D eigenvalue weighted by atomic mass is 16.1. The van der Waals surface area contributed by atoms with Gasteiger partial charge in [-0.05, 0) is 24.5 Å². The fourth-order valence-corrected chi connectivity index (χ4v) is 2.38. The predicted molar refractivity (Wildman–Crippen MR) is 81.0 cm³/mol. The van der Waals surface area contributed by atoms with E-state index in [4.69, 9.17) is 0 Å². The van der Waals surface area contributed by atoms with Crippen LogP contribution >= 0.6 is 0 Å². The van der Waals surface area contributed by atoms with Crippen LogP contribution in [0.4, 0.5) is 5.82 Å². The van der Waals surface area contributed by atoms with Crippen LogP contribution < -0.4 is 10.6 Å². The second-order valence-corrected chi connectivity index (χ2v) is 5.31. The molecule has 1 amide bonds. The molecule has 2 N–H and O–H groups in total. The molecule has 0 radical (unpaired) electrons. The molecule has 0 spiro atoms. The Balaban J connectivity index is 1.85. The predicted octanol–water partition coefficient (Wildman–Crippen LogP) is 2.81. The van der Waals surface area contributed by atoms with Crippen molar-refractivity contribution in [1.29, 1.82) is 0 Å². The van der Waals surface area contributed by atoms with Gasteiger partial charge in [0.05, 0.1) is 11.1 Å². The van der Waals surface area contributed by atoms with Crippen LogP contribution in [0.5, 0.6) is 0 Å². The Morgan fingerprint density at radius 3 is 2.90 bits per heavy atom. The van der Waals surface area contributed by atoms with Gasteiger partial charge in [-0.3, -0.25) is 4.79 Å². The van der Waals surface area contributed by atoms with Gasteiger partial charge in [-0.1, -0.05) is 31.0 Å². The first-order valence-corrected chi connectivity index (χ1v) is 7.13. The zero-order valence-corrected chi connectivity index (χ0v) is 11.6. The van der Waals surface area contributed by atoms with Gasteiger partial charge in [0.1, 0.15) is 5.82 Å². The number of carbonyl (C=O) groups excluding carboxylic acids is 1. The van der Waals surface area contributed by atoms with E-state index < -0.39 is 0 Å². The van der Waals surface area contributed by atoms with Crippen molar-refractivity contribution in [2.45, 2.75) is 19.3 Å². The number of fused-ring (bicyclic) bond motifs is 1. The SMILES string of the molecule is CNc1cc(C(=O)NCCC2CC2)c2ccccc2n1. The molecule has 4 nitrogen and oxygen atoms in total. The molecular weight excluding hydrogens is 250 g/mol. The topological polar surface area (TPSA) is 54.0 Å². The third-order valence-corrected chi connectivity index (χ3v) is 3.75. The van der Waals surface area contributed by atoms with E-state index in [9.17, 15) is 4.79 Å². The molecule has 0 unspecified atom stereocenters. The first kappa shape index (κ1) is 12.9. The first-order valence-electron chi connectivity index (χ1n) is 7.13. The lowest BCUT2D eigenvalue weighted by Gasteiger charge is -2.10. The minimum Gasteiger partial charge on any atom is -0.373 e. The molecule has 3 rings (SSSR count). The second-order valence-electron chi connectivity index (χ2n) is 5.31. The maximum absolute atomic E-state index is 12.4. The van der Waals surface area contributed by atoms with Crippen molar-refractivity contribution in [3.63, 3.8) is 0 Å². The summed E-state index contributed by atoms with van der Waals surface area (Å²) in [5.41, 5.74) is 1.53. The highest BCUT2D eigenvalue weighted by molar-refractivity contribution is 6.06. The number of anilines is 1. The lowest BCUT2D eigenvalue weighted by atomic mass is 10.1. The van der Waals surface area contributed by atoms with Gasteiger partial charge in [0.2, 0.25) is 0 Å². The monoisotopic (exact) mass is 269 g/mol. The summed E-state index contributed by atoms with van der Waals surface area (Å²) in [5, 5.41) is 6.93. The summed E-state index contributed by atoms with van der Waals surface area (Å²) in [7, 11) is 1.81. The van der Waals surface area contributed by atoms with E-state index in [-0.39, 0.29) is 5.91 Å². The molecule has 20 heavy (non-hydrogen) atoms. The zero-order valence-electron chi connectivity index (χ0n) is 11.6. The van der Waals surface area contributed by atoms with Crippen LogP contribution in [0.1, 0.15) is 29.6 Å². The second kappa shape index (κ2) is 5.49. The molecule has 1 heterocycles. The lowest BCUT2D eigenvalue weighted by molar-refractivity contribution is 0.0954. The smallest absolute Gasteiger partial charge is 0.252 e. The Bertz CT molecular complexity index is 635. The highest BCUT2D eigenvalue weighted by Gasteiger charge is 2.21. The fourth-order valence-electron chi connectivity index (χ4n) is 2.38. The number of pyridine rings is 1. The molecular formula is C16H19N3O. The largest absolute Gasteiger partial charge is 0.373 e. The lowest BCUT2D eigenvalue weighted by Crippen LogP contribution is -2.25. The summed E-state index contributed by atoms with van der Waals surface area (Å²) >= 11 is 0. The number of amides is 1. The van der Waals surface area contributed by atoms with E-state index in [0.717, 1.165) is 35.6 Å². The van der Waals surface area contributed by atoms with Gasteiger partial charge in [-0.25, -0.2) is 4.98 Å². The molecule has 0 bridgehead atoms. The Morgan fingerprint density at radius 1 is 1.35 bits per heavy atom. The highest BCUT2D eigenvalue weighted by Crippen LogP contribution is 2.31. The number of benzene rings is 1. The maximum atomic E-state index is 12.4. The summed E-state index contributed by atoms with van der Waals surface area (Å²) in [5.74, 6) is 1.54. The third-order valence-electron chi connectivity index (χ3n) is 3.75. The van der Waals surface area contributed by atoms with Gasteiger partial charge >= 0.3 is 0 Å². The van der Waals surface area contributed by atoms with Gasteiger partial charge in [-0.2, -0.15) is 0 Å². The number of aromatic nitrogens is 1. The van der Waals surface area contributed by atoms with E-state index in [1.807, 2.05) is 37.4 Å². The molecule has 104 valence electrons. The van der Waals surface area contributed by atoms with Crippen LogP contribution in [0.15, 0.2) is 30.3 Å². The molecule has 2 aromatic rings. The summed E-state index contributed by atoms with van der Waals surface area (Å²) in [6.07, 6.45) is 3.73. The van der Waals surface area contributed by atoms with Crippen molar-refractivity contribution in [1.82, 2.24) is 10.3 Å². The molecule has 1 saturated carbocycles. The van der Waals surface area contributed by atoms with Gasteiger partial charge in [0, 0.05) is 19.0 Å². The Morgan fingerprint density at radius 2 is 2.15 bits per heavy atom. The minimum atomic E-state index is -0.0132. The normalized spacial score (nSPS) is 14.2. The number of carbonyl (C=O) groups is 1. The number of rotatable bonds is 5. The van der Waals surface area contributed by atoms with Crippen molar-refractivity contribution < 1.29 is 4.79 Å². The van der Waals surface area contributed by atoms with Crippen LogP contribution in [0.2, 0.25) is 0 Å². The Kier molecular flexibility index (Phi) is 3.54. The quantitative estimate of drug-likeness (QED) is 0.877. The van der Waals surface area contributed by atoms with E-state index >= 15 is 0 Å². The van der Waals surface area contributed by atoms with Gasteiger partial charge in [-0.15, -0.1) is 0 Å². The van der Waals surface area contributed by atoms with Crippen molar-refractivity contribution in [3.05, 3.63) is 35.9 Å². The van der Waals surface area contributed by atoms with Crippen molar-refractivity contribution in [3.8, 4) is 0 Å². The maximum Gasteiger partial charge on any atom is 0.252 e. The molecule has 0 atom stereocenters. The number of para-hydroxylation sites is 1. The standard InChI is InChI=1S/C16H19N3O/c1-17-15-10-13(12-4-2-3-5-14(12)19-15)16(20)18-9-8-11-6-7-11/h2-5,10-11H,6-9H2,1H3,(H,17,19)(H,18,20). The molecule has 4 heteroatoms. The van der Waals surface area contributed by atoms with Crippen LogP contribution in [-0.2, 0) is 0 Å². The fraction of sp³-hybridized carbons (Fsp3) is 0.375. The van der Waals surface area contributed by atoms with Crippen molar-refractivity contribution in [2.24, 2.45) is 5.92 Å². The molecule has 1 aromatic heterocycles. The van der Waals surface area contributed by atoms with Gasteiger partial charge < -0.3 is 10.6 Å². The van der Waals surface area contributed by atoms with Gasteiger partial charge in [0.15, 0.2) is 0 Å². The van der Waals surface area contributed by atoms with E-state index in [1.165, 1.54) is 12.8 Å². The molecule has 1 aliphatic rings. The van der Waals surface area contributed by atoms with Crippen molar-refractivity contribution in [2.75, 3.05) is 18.9 Å². The third kappa shape index (κ3) is 2.74. The van der Waals surface area contributed by atoms with E-state index in [1.54, 1.807) is 0 Å². The summed E-state index contributed by atoms with van der Waals surface area (Å²) in [6.45, 7) is 0.759. The Hall–Kier alpha value is -2.10. The van der Waals surface area contributed by atoms with Crippen molar-refractivity contribution >= 4 is 22.6 Å². The summed E-state index contributed by atoms with van der Waals surface area (Å²) < 4.78 is 0. The van der Waals surface area contributed by atoms with Crippen LogP contribution in [0.25, 0.3) is 10.9 Å². The number of hydrogen-bond donors (Lipinski definition) is 2. The summed E-state index contributed by atoms with van der Waals surface area (Å²) in [4.78, 5) is 16.8. The summed E-state index contributed by atoms with van der Waals surface area (Å²) in [6, 6.07) is 9.55. The molecule has 1 aliphatic carbocycles. The minimum absolute atomic E-state index is 0.0132. The first-order chi connectivity index (χ1) is 9.78. The molecule has 0 saturated heterocycles. The molecule has 0 aliphatic heterocycles. The van der Waals surface area contributed by atoms with E-state index in [2.05, 4.69) is 15.6 Å². The van der Waals surface area contributed by atoms with E-state index in [0.29, 0.717) is 5.56 Å². The number of nitrogens with one attached hydrogen (secondary N) is 2. The van der Waals surface area contributed by atoms with Crippen LogP contribution in [-0.4, -0.2) is 24.5 Å². The Labute approximate surface area is 118 Å². The average molecular weight is 269 g/mol. The number of nitrogens with zero attached hydrogens (tertiary/aromatic N) is 1. The molecule has 1 fully saturated rings. The average Bonchev–Trinajstić information content (AvgIpc) is 3.30. The molecule has 1 aromatic carbocycles. The van der Waals surface area contributed by atoms with Crippen LogP contribution in [0.3, 0.4) is 0 Å². The van der Waals surface area contributed by atoms with Crippen LogP contribution in [0, 0.1) is 5.92 Å². The van der Waals surface area contributed by atoms with Gasteiger partial charge in [0.25, 0.3) is 5.91 Å². The zero-order chi connectivity index (χ0) is 13.9. The number of hydrogen-bond acceptors (Lipinski definition) is 3.